The van der Waals surface area contributed by atoms with Crippen molar-refractivity contribution in [3.63, 3.8) is 0 Å². The van der Waals surface area contributed by atoms with Crippen molar-refractivity contribution in [2.24, 2.45) is 5.10 Å². The van der Waals surface area contributed by atoms with Gasteiger partial charge in [0.05, 0.1) is 19.4 Å². The molecular weight excluding hydrogens is 346 g/mol. The number of benzene rings is 1. The fourth-order valence-electron chi connectivity index (χ4n) is 2.31. The summed E-state index contributed by atoms with van der Waals surface area (Å²) in [5.41, 5.74) is 3.43. The summed E-state index contributed by atoms with van der Waals surface area (Å²) in [6, 6.07) is 5.59. The number of hydrogen-bond acceptors (Lipinski definition) is 7. The fraction of sp³-hybridized carbons (Fsp3) is 0.474. The highest BCUT2D eigenvalue weighted by Crippen LogP contribution is 2.28. The predicted molar refractivity (Wildman–Crippen MR) is 106 cm³/mol. The van der Waals surface area contributed by atoms with Gasteiger partial charge in [0.1, 0.15) is 5.69 Å². The van der Waals surface area contributed by atoms with Crippen molar-refractivity contribution in [2.45, 2.75) is 46.5 Å². The average Bonchev–Trinajstić information content (AvgIpc) is 2.60. The number of H-pyrrole nitrogens is 1. The molecule has 0 spiro atoms. The Morgan fingerprint density at radius 3 is 2.67 bits per heavy atom. The van der Waals surface area contributed by atoms with Crippen molar-refractivity contribution in [2.75, 3.05) is 18.6 Å². The summed E-state index contributed by atoms with van der Waals surface area (Å²) in [7, 11) is 0. The van der Waals surface area contributed by atoms with Gasteiger partial charge in [-0.15, -0.1) is 0 Å². The molecule has 0 atom stereocenters. The zero-order valence-corrected chi connectivity index (χ0v) is 16.5. The molecule has 0 unspecified atom stereocenters. The van der Waals surface area contributed by atoms with Crippen LogP contribution in [0.2, 0.25) is 0 Å². The maximum Gasteiger partial charge on any atom is 0.363 e. The number of aromatic nitrogens is 3. The molecule has 0 aliphatic rings. The van der Waals surface area contributed by atoms with Gasteiger partial charge >= 0.3 is 5.69 Å². The molecule has 27 heavy (non-hydrogen) atoms. The molecule has 1 heterocycles. The highest BCUT2D eigenvalue weighted by atomic mass is 16.5. The normalized spacial score (nSPS) is 11.6. The van der Waals surface area contributed by atoms with Gasteiger partial charge in [-0.3, -0.25) is 5.43 Å². The molecule has 8 heteroatoms. The van der Waals surface area contributed by atoms with Crippen LogP contribution in [0.4, 0.5) is 5.82 Å². The third-order valence-corrected chi connectivity index (χ3v) is 3.52. The second-order valence-corrected chi connectivity index (χ2v) is 6.95. The van der Waals surface area contributed by atoms with E-state index in [1.54, 1.807) is 6.21 Å². The van der Waals surface area contributed by atoms with Crippen LogP contribution < -0.4 is 20.6 Å². The molecule has 1 aromatic heterocycles. The summed E-state index contributed by atoms with van der Waals surface area (Å²) >= 11 is 0. The first-order valence-corrected chi connectivity index (χ1v) is 9.01. The lowest BCUT2D eigenvalue weighted by molar-refractivity contribution is 0.277. The van der Waals surface area contributed by atoms with E-state index >= 15 is 0 Å². The minimum absolute atomic E-state index is 0.296. The summed E-state index contributed by atoms with van der Waals surface area (Å²) in [6.07, 6.45) is 2.55. The second-order valence-electron chi connectivity index (χ2n) is 6.95. The predicted octanol–water partition coefficient (Wildman–Crippen LogP) is 3.10. The Morgan fingerprint density at radius 2 is 2.00 bits per heavy atom. The van der Waals surface area contributed by atoms with E-state index < -0.39 is 5.69 Å². The van der Waals surface area contributed by atoms with Crippen molar-refractivity contribution in [3.05, 3.63) is 39.9 Å². The first kappa shape index (κ1) is 20.4. The van der Waals surface area contributed by atoms with Crippen molar-refractivity contribution in [1.82, 2.24) is 15.2 Å². The Balaban J connectivity index is 2.20. The van der Waals surface area contributed by atoms with E-state index in [9.17, 15) is 4.79 Å². The zero-order chi connectivity index (χ0) is 19.9. The van der Waals surface area contributed by atoms with Gasteiger partial charge in [0.15, 0.2) is 17.3 Å². The fourth-order valence-corrected chi connectivity index (χ4v) is 2.31. The molecule has 0 aliphatic carbocycles. The summed E-state index contributed by atoms with van der Waals surface area (Å²) in [4.78, 5) is 15.4. The molecule has 2 aromatic rings. The van der Waals surface area contributed by atoms with Crippen LogP contribution in [0, 0.1) is 0 Å². The van der Waals surface area contributed by atoms with E-state index in [1.165, 1.54) is 0 Å². The van der Waals surface area contributed by atoms with Crippen molar-refractivity contribution >= 4 is 12.0 Å². The highest BCUT2D eigenvalue weighted by Gasteiger charge is 2.21. The van der Waals surface area contributed by atoms with Crippen LogP contribution in [0.1, 0.15) is 52.3 Å². The quantitative estimate of drug-likeness (QED) is 0.545. The molecule has 146 valence electrons. The van der Waals surface area contributed by atoms with Crippen molar-refractivity contribution in [3.8, 4) is 11.5 Å². The second kappa shape index (κ2) is 9.16. The molecule has 2 N–H and O–H groups in total. The minimum atomic E-state index is -0.531. The van der Waals surface area contributed by atoms with Gasteiger partial charge in [-0.1, -0.05) is 27.7 Å². The number of nitrogens with one attached hydrogen (secondary N) is 2. The van der Waals surface area contributed by atoms with Gasteiger partial charge in [-0.2, -0.15) is 15.2 Å². The van der Waals surface area contributed by atoms with E-state index in [0.29, 0.717) is 36.2 Å². The van der Waals surface area contributed by atoms with E-state index in [1.807, 2.05) is 45.9 Å². The van der Waals surface area contributed by atoms with Crippen LogP contribution in [0.15, 0.2) is 28.1 Å². The van der Waals surface area contributed by atoms with Gasteiger partial charge in [0.2, 0.25) is 0 Å². The summed E-state index contributed by atoms with van der Waals surface area (Å²) in [5, 5.41) is 10.6. The minimum Gasteiger partial charge on any atom is -0.490 e. The van der Waals surface area contributed by atoms with Crippen LogP contribution >= 0.6 is 0 Å². The van der Waals surface area contributed by atoms with Crippen LogP contribution in [0.5, 0.6) is 11.5 Å². The number of anilines is 1. The highest BCUT2D eigenvalue weighted by molar-refractivity contribution is 5.81. The number of aromatic amines is 1. The first-order chi connectivity index (χ1) is 12.8. The molecule has 0 amide bonds. The van der Waals surface area contributed by atoms with Gasteiger partial charge < -0.3 is 9.47 Å². The summed E-state index contributed by atoms with van der Waals surface area (Å²) < 4.78 is 11.3. The van der Waals surface area contributed by atoms with E-state index in [4.69, 9.17) is 9.47 Å². The molecule has 0 radical (unpaired) electrons. The Hall–Kier alpha value is -2.90. The Labute approximate surface area is 159 Å². The van der Waals surface area contributed by atoms with Crippen molar-refractivity contribution < 1.29 is 9.47 Å². The lowest BCUT2D eigenvalue weighted by Gasteiger charge is -2.18. The molecule has 1 aromatic carbocycles. The molecule has 0 fully saturated rings. The molecular formula is C19H27N5O3. The number of rotatable bonds is 8. The van der Waals surface area contributed by atoms with Gasteiger partial charge in [0, 0.05) is 5.41 Å². The molecule has 0 saturated heterocycles. The monoisotopic (exact) mass is 373 g/mol. The van der Waals surface area contributed by atoms with Crippen LogP contribution in [0.3, 0.4) is 0 Å². The largest absolute Gasteiger partial charge is 0.490 e. The smallest absolute Gasteiger partial charge is 0.363 e. The maximum absolute atomic E-state index is 11.5. The Bertz CT molecular complexity index is 840. The Morgan fingerprint density at radius 1 is 1.22 bits per heavy atom. The van der Waals surface area contributed by atoms with E-state index in [2.05, 4.69) is 32.6 Å². The molecule has 2 rings (SSSR count). The third kappa shape index (κ3) is 5.80. The lowest BCUT2D eigenvalue weighted by atomic mass is 9.92. The average molecular weight is 373 g/mol. The Kier molecular flexibility index (Phi) is 6.92. The third-order valence-electron chi connectivity index (χ3n) is 3.52. The maximum atomic E-state index is 11.5. The van der Waals surface area contributed by atoms with Gasteiger partial charge in [-0.25, -0.2) is 9.89 Å². The first-order valence-electron chi connectivity index (χ1n) is 9.01. The number of hydrogen-bond donors (Lipinski definition) is 2. The molecule has 0 aliphatic heterocycles. The molecule has 0 saturated carbocycles. The van der Waals surface area contributed by atoms with Crippen LogP contribution in [0.25, 0.3) is 0 Å². The van der Waals surface area contributed by atoms with Crippen molar-refractivity contribution in [1.29, 1.82) is 0 Å². The summed E-state index contributed by atoms with van der Waals surface area (Å²) in [5.74, 6) is 1.70. The van der Waals surface area contributed by atoms with E-state index in [-0.39, 0.29) is 5.41 Å². The number of hydrazone groups is 1. The molecule has 0 bridgehead atoms. The van der Waals surface area contributed by atoms with Gasteiger partial charge in [-0.05, 0) is 37.1 Å². The topological polar surface area (TPSA) is 101 Å². The molecule has 8 nitrogen and oxygen atoms in total. The SMILES string of the molecule is CCCOc1ccc(/C=N/Nc2nc(=O)[nH]nc2C(C)(C)C)cc1OCC. The van der Waals surface area contributed by atoms with E-state index in [0.717, 1.165) is 12.0 Å². The van der Waals surface area contributed by atoms with Crippen LogP contribution in [-0.2, 0) is 5.41 Å². The van der Waals surface area contributed by atoms with Crippen LogP contribution in [-0.4, -0.2) is 34.6 Å². The van der Waals surface area contributed by atoms with Gasteiger partial charge in [0.25, 0.3) is 0 Å². The number of nitrogens with zero attached hydrogens (tertiary/aromatic N) is 3. The standard InChI is InChI=1S/C19H27N5O3/c1-6-10-27-14-9-8-13(11-15(14)26-7-2)12-20-23-17-16(19(3,4)5)22-24-18(25)21-17/h8-9,11-12H,6-7,10H2,1-5H3,(H2,21,23,24,25)/b20-12+. The number of ether oxygens (including phenoxy) is 2. The summed E-state index contributed by atoms with van der Waals surface area (Å²) in [6.45, 7) is 11.1. The lowest BCUT2D eigenvalue weighted by Crippen LogP contribution is -2.24. The zero-order valence-electron chi connectivity index (χ0n) is 16.5.